The topological polar surface area (TPSA) is 0 Å². The van der Waals surface area contributed by atoms with Crippen molar-refractivity contribution in [2.75, 3.05) is 0 Å². The molecule has 202 valence electrons. The third-order valence-corrected chi connectivity index (χ3v) is 9.99. The van der Waals surface area contributed by atoms with Crippen molar-refractivity contribution in [2.45, 2.75) is 32.6 Å². The van der Waals surface area contributed by atoms with Crippen molar-refractivity contribution in [3.63, 3.8) is 0 Å². The van der Waals surface area contributed by atoms with Gasteiger partial charge in [0.1, 0.15) is 0 Å². The molecular formula is C43H30. The Morgan fingerprint density at radius 1 is 0.558 bits per heavy atom. The molecule has 0 bridgehead atoms. The minimum Gasteiger partial charge on any atom is -0.0616 e. The average Bonchev–Trinajstić information content (AvgIpc) is 3.40. The van der Waals surface area contributed by atoms with Gasteiger partial charge in [-0.2, -0.15) is 0 Å². The van der Waals surface area contributed by atoms with Gasteiger partial charge in [-0.05, 0) is 114 Å². The molecule has 0 atom stereocenters. The monoisotopic (exact) mass is 546 g/mol. The zero-order chi connectivity index (χ0) is 28.9. The third-order valence-electron chi connectivity index (χ3n) is 9.99. The molecule has 0 aromatic heterocycles. The second-order valence-corrected chi connectivity index (χ2v) is 12.8. The second-order valence-electron chi connectivity index (χ2n) is 12.8. The lowest BCUT2D eigenvalue weighted by Gasteiger charge is -2.35. The molecule has 0 amide bonds. The molecule has 0 N–H and O–H groups in total. The Kier molecular flexibility index (Phi) is 4.95. The summed E-state index contributed by atoms with van der Waals surface area (Å²) in [6, 6.07) is 42.4. The van der Waals surface area contributed by atoms with Crippen LogP contribution in [0.1, 0.15) is 52.8 Å². The van der Waals surface area contributed by atoms with Crippen LogP contribution in [0.2, 0.25) is 0 Å². The van der Waals surface area contributed by atoms with Gasteiger partial charge >= 0.3 is 0 Å². The first-order chi connectivity index (χ1) is 21.0. The van der Waals surface area contributed by atoms with Crippen LogP contribution in [0.5, 0.6) is 0 Å². The first kappa shape index (κ1) is 24.5. The van der Waals surface area contributed by atoms with E-state index in [0.29, 0.717) is 0 Å². The highest BCUT2D eigenvalue weighted by Crippen LogP contribution is 2.55. The van der Waals surface area contributed by atoms with E-state index in [4.69, 9.17) is 0 Å². The lowest BCUT2D eigenvalue weighted by molar-refractivity contribution is 0.645. The van der Waals surface area contributed by atoms with Gasteiger partial charge in [0, 0.05) is 16.5 Å². The molecule has 0 aliphatic heterocycles. The van der Waals surface area contributed by atoms with Crippen LogP contribution in [-0.4, -0.2) is 0 Å². The number of benzene rings is 7. The lowest BCUT2D eigenvalue weighted by atomic mass is 9.68. The molecule has 7 aromatic carbocycles. The van der Waals surface area contributed by atoms with Crippen LogP contribution < -0.4 is 0 Å². The molecule has 2 aliphatic carbocycles. The predicted molar refractivity (Wildman–Crippen MR) is 182 cm³/mol. The summed E-state index contributed by atoms with van der Waals surface area (Å²) in [5.41, 5.74) is 14.6. The van der Waals surface area contributed by atoms with Gasteiger partial charge in [0.05, 0.1) is 0 Å². The Hall–Kier alpha value is -5.12. The summed E-state index contributed by atoms with van der Waals surface area (Å²) in [6.45, 7) is 7.03. The molecule has 2 aliphatic rings. The zero-order valence-corrected chi connectivity index (χ0v) is 24.7. The zero-order valence-electron chi connectivity index (χ0n) is 24.7. The lowest BCUT2D eigenvalue weighted by Crippen LogP contribution is -2.24. The Morgan fingerprint density at radius 3 is 2.14 bits per heavy atom. The summed E-state index contributed by atoms with van der Waals surface area (Å²) in [6.07, 6.45) is 0.983. The van der Waals surface area contributed by atoms with Gasteiger partial charge in [0.15, 0.2) is 0 Å². The van der Waals surface area contributed by atoms with Gasteiger partial charge in [0.2, 0.25) is 0 Å². The molecule has 0 spiro atoms. The summed E-state index contributed by atoms with van der Waals surface area (Å²) in [5, 5.41) is 7.83. The van der Waals surface area contributed by atoms with Crippen LogP contribution in [0.25, 0.3) is 54.6 Å². The second kappa shape index (κ2) is 8.70. The maximum atomic E-state index is 3.62. The van der Waals surface area contributed by atoms with E-state index in [1.807, 2.05) is 0 Å². The van der Waals surface area contributed by atoms with Crippen molar-refractivity contribution >= 4 is 32.3 Å². The molecule has 7 aromatic rings. The van der Waals surface area contributed by atoms with Crippen molar-refractivity contribution in [1.29, 1.82) is 0 Å². The SMILES string of the molecule is Cc1cc2c3c4c(cccc14)C(C)(C)c1cc(C#Cc4ccc(-c5cccc6ccccc56)c5ccccc45)cc(c1-3)C2. The molecule has 0 saturated heterocycles. The standard InChI is InChI=1S/C43H30/c1-26-22-30-25-31-23-27(24-39-40(31)41(30)42-32(26)15-9-17-38(42)43(39,2)3)18-19-29-20-21-37(35-14-7-6-13-34(29)35)36-16-8-11-28-10-4-5-12-33(28)36/h4-17,20-24H,25H2,1-3H3. The average molecular weight is 547 g/mol. The Labute approximate surface area is 252 Å². The Balaban J connectivity index is 1.20. The highest BCUT2D eigenvalue weighted by molar-refractivity contribution is 6.09. The van der Waals surface area contributed by atoms with Crippen molar-refractivity contribution < 1.29 is 0 Å². The quantitative estimate of drug-likeness (QED) is 0.180. The summed E-state index contributed by atoms with van der Waals surface area (Å²) >= 11 is 0. The minimum absolute atomic E-state index is 0.0868. The highest BCUT2D eigenvalue weighted by Gasteiger charge is 2.38. The van der Waals surface area contributed by atoms with E-state index < -0.39 is 0 Å². The first-order valence-electron chi connectivity index (χ1n) is 15.2. The summed E-state index contributed by atoms with van der Waals surface area (Å²) in [4.78, 5) is 0. The molecule has 0 unspecified atom stereocenters. The molecule has 0 saturated carbocycles. The van der Waals surface area contributed by atoms with Gasteiger partial charge in [-0.15, -0.1) is 0 Å². The van der Waals surface area contributed by atoms with Crippen LogP contribution in [0, 0.1) is 18.8 Å². The molecule has 9 rings (SSSR count). The highest BCUT2D eigenvalue weighted by atomic mass is 14.4. The van der Waals surface area contributed by atoms with Crippen molar-refractivity contribution in [2.24, 2.45) is 0 Å². The van der Waals surface area contributed by atoms with E-state index in [9.17, 15) is 0 Å². The molecule has 0 heterocycles. The van der Waals surface area contributed by atoms with Gasteiger partial charge in [-0.25, -0.2) is 0 Å². The molecule has 0 nitrogen and oxygen atoms in total. The van der Waals surface area contributed by atoms with Gasteiger partial charge in [-0.3, -0.25) is 0 Å². The van der Waals surface area contributed by atoms with Crippen LogP contribution in [0.4, 0.5) is 0 Å². The Bertz CT molecular complexity index is 2400. The van der Waals surface area contributed by atoms with Crippen molar-refractivity contribution in [3.8, 4) is 34.1 Å². The molecular weight excluding hydrogens is 516 g/mol. The largest absolute Gasteiger partial charge is 0.0616 e. The number of fused-ring (bicyclic) bond motifs is 2. The van der Waals surface area contributed by atoms with Gasteiger partial charge in [-0.1, -0.05) is 123 Å². The third kappa shape index (κ3) is 3.40. The predicted octanol–water partition coefficient (Wildman–Crippen LogP) is 10.7. The molecule has 0 radical (unpaired) electrons. The number of hydrogen-bond acceptors (Lipinski definition) is 0. The van der Waals surface area contributed by atoms with Crippen LogP contribution in [-0.2, 0) is 11.8 Å². The maximum absolute atomic E-state index is 3.62. The number of aryl methyl sites for hydroxylation is 1. The smallest absolute Gasteiger partial charge is 0.0327 e. The minimum atomic E-state index is -0.0868. The van der Waals surface area contributed by atoms with E-state index in [1.54, 1.807) is 0 Å². The van der Waals surface area contributed by atoms with Crippen LogP contribution >= 0.6 is 0 Å². The van der Waals surface area contributed by atoms with E-state index in [0.717, 1.165) is 17.5 Å². The fourth-order valence-corrected chi connectivity index (χ4v) is 7.96. The van der Waals surface area contributed by atoms with Gasteiger partial charge < -0.3 is 0 Å². The van der Waals surface area contributed by atoms with E-state index in [2.05, 4.69) is 148 Å². The maximum Gasteiger partial charge on any atom is 0.0327 e. The van der Waals surface area contributed by atoms with Crippen molar-refractivity contribution in [1.82, 2.24) is 0 Å². The molecule has 0 heteroatoms. The fraction of sp³-hybridized carbons (Fsp3) is 0.116. The normalized spacial score (nSPS) is 13.8. The first-order valence-corrected chi connectivity index (χ1v) is 15.2. The summed E-state index contributed by atoms with van der Waals surface area (Å²) in [5.74, 6) is 7.22. The summed E-state index contributed by atoms with van der Waals surface area (Å²) < 4.78 is 0. The van der Waals surface area contributed by atoms with Crippen LogP contribution in [0.3, 0.4) is 0 Å². The molecule has 0 fully saturated rings. The van der Waals surface area contributed by atoms with E-state index in [-0.39, 0.29) is 5.41 Å². The van der Waals surface area contributed by atoms with E-state index in [1.165, 1.54) is 82.4 Å². The number of hydrogen-bond donors (Lipinski definition) is 0. The summed E-state index contributed by atoms with van der Waals surface area (Å²) in [7, 11) is 0. The molecule has 43 heavy (non-hydrogen) atoms. The fourth-order valence-electron chi connectivity index (χ4n) is 7.96. The van der Waals surface area contributed by atoms with E-state index >= 15 is 0 Å². The number of rotatable bonds is 1. The Morgan fingerprint density at radius 2 is 1.26 bits per heavy atom. The van der Waals surface area contributed by atoms with Crippen molar-refractivity contribution in [3.05, 3.63) is 154 Å². The van der Waals surface area contributed by atoms with Gasteiger partial charge in [0.25, 0.3) is 0 Å². The van der Waals surface area contributed by atoms with Crippen LogP contribution in [0.15, 0.2) is 115 Å².